The summed E-state index contributed by atoms with van der Waals surface area (Å²) in [4.78, 5) is 11.8. The van der Waals surface area contributed by atoms with Crippen molar-refractivity contribution in [3.8, 4) is 5.75 Å². The van der Waals surface area contributed by atoms with Gasteiger partial charge in [-0.1, -0.05) is 19.1 Å². The third-order valence-corrected chi connectivity index (χ3v) is 2.69. The highest BCUT2D eigenvalue weighted by Crippen LogP contribution is 2.16. The number of hydrogen-bond acceptors (Lipinski definition) is 4. The molecule has 0 saturated heterocycles. The summed E-state index contributed by atoms with van der Waals surface area (Å²) in [6.45, 7) is 2.40. The largest absolute Gasteiger partial charge is 0.452 e. The van der Waals surface area contributed by atoms with Crippen LogP contribution in [-0.4, -0.2) is 13.1 Å². The van der Waals surface area contributed by atoms with Crippen LogP contribution in [0.25, 0.3) is 0 Å². The minimum atomic E-state index is -0.508. The second-order valence-corrected chi connectivity index (χ2v) is 4.09. The van der Waals surface area contributed by atoms with Gasteiger partial charge in [0.1, 0.15) is 18.1 Å². The second kappa shape index (κ2) is 6.20. The van der Waals surface area contributed by atoms with Gasteiger partial charge >= 0.3 is 5.97 Å². The van der Waals surface area contributed by atoms with Gasteiger partial charge < -0.3 is 13.9 Å². The lowest BCUT2D eigenvalue weighted by Gasteiger charge is -2.03. The molecule has 0 saturated carbocycles. The maximum atomic E-state index is 11.8. The molecule has 0 amide bonds. The zero-order valence-electron chi connectivity index (χ0n) is 11.0. The standard InChI is InChI=1S/C15H16O4/c1-3-11-4-6-12(7-5-11)19-15(16)14-9-8-13(18-14)10-17-2/h4-9H,3,10H2,1-2H3. The van der Waals surface area contributed by atoms with Crippen LogP contribution in [0.2, 0.25) is 0 Å². The van der Waals surface area contributed by atoms with Gasteiger partial charge in [0.15, 0.2) is 0 Å². The van der Waals surface area contributed by atoms with E-state index in [1.54, 1.807) is 31.4 Å². The van der Waals surface area contributed by atoms with E-state index in [0.717, 1.165) is 6.42 Å². The highest BCUT2D eigenvalue weighted by molar-refractivity contribution is 5.88. The summed E-state index contributed by atoms with van der Waals surface area (Å²) in [5.74, 6) is 0.765. The zero-order valence-corrected chi connectivity index (χ0v) is 11.0. The van der Waals surface area contributed by atoms with Gasteiger partial charge in [-0.2, -0.15) is 0 Å². The van der Waals surface area contributed by atoms with E-state index in [1.807, 2.05) is 12.1 Å². The maximum Gasteiger partial charge on any atom is 0.379 e. The highest BCUT2D eigenvalue weighted by Gasteiger charge is 2.13. The number of furan rings is 1. The fraction of sp³-hybridized carbons (Fsp3) is 0.267. The number of carbonyl (C=O) groups excluding carboxylic acids is 1. The van der Waals surface area contributed by atoms with Gasteiger partial charge in [0.2, 0.25) is 5.76 Å². The lowest BCUT2D eigenvalue weighted by atomic mass is 10.2. The predicted octanol–water partition coefficient (Wildman–Crippen LogP) is 3.21. The molecule has 0 aliphatic rings. The molecule has 100 valence electrons. The number of hydrogen-bond donors (Lipinski definition) is 0. The van der Waals surface area contributed by atoms with Crippen molar-refractivity contribution < 1.29 is 18.7 Å². The number of ether oxygens (including phenoxy) is 2. The van der Waals surface area contributed by atoms with Crippen molar-refractivity contribution in [2.45, 2.75) is 20.0 Å². The van der Waals surface area contributed by atoms with Crippen molar-refractivity contribution in [2.75, 3.05) is 7.11 Å². The van der Waals surface area contributed by atoms with Crippen molar-refractivity contribution in [1.82, 2.24) is 0 Å². The van der Waals surface area contributed by atoms with Crippen LogP contribution in [0.4, 0.5) is 0 Å². The molecule has 0 radical (unpaired) electrons. The topological polar surface area (TPSA) is 48.7 Å². The van der Waals surface area contributed by atoms with Crippen LogP contribution >= 0.6 is 0 Å². The average molecular weight is 260 g/mol. The van der Waals surface area contributed by atoms with E-state index >= 15 is 0 Å². The Hall–Kier alpha value is -2.07. The normalized spacial score (nSPS) is 10.4. The highest BCUT2D eigenvalue weighted by atomic mass is 16.5. The van der Waals surface area contributed by atoms with E-state index in [4.69, 9.17) is 13.9 Å². The Kier molecular flexibility index (Phi) is 4.36. The van der Waals surface area contributed by atoms with Gasteiger partial charge in [0, 0.05) is 7.11 Å². The number of rotatable bonds is 5. The molecule has 0 bridgehead atoms. The lowest BCUT2D eigenvalue weighted by Crippen LogP contribution is -2.07. The van der Waals surface area contributed by atoms with Crippen LogP contribution in [0.1, 0.15) is 28.8 Å². The molecule has 4 nitrogen and oxygen atoms in total. The summed E-state index contributed by atoms with van der Waals surface area (Å²) in [6, 6.07) is 10.7. The Labute approximate surface area is 111 Å². The Morgan fingerprint density at radius 1 is 1.16 bits per heavy atom. The van der Waals surface area contributed by atoms with Crippen LogP contribution in [0.5, 0.6) is 5.75 Å². The van der Waals surface area contributed by atoms with Crippen LogP contribution in [-0.2, 0) is 17.8 Å². The fourth-order valence-electron chi connectivity index (χ4n) is 1.66. The van der Waals surface area contributed by atoms with E-state index in [-0.39, 0.29) is 5.76 Å². The van der Waals surface area contributed by atoms with Gasteiger partial charge in [-0.05, 0) is 36.2 Å². The van der Waals surface area contributed by atoms with Crippen molar-refractivity contribution in [3.05, 3.63) is 53.5 Å². The first-order valence-corrected chi connectivity index (χ1v) is 6.11. The van der Waals surface area contributed by atoms with Gasteiger partial charge in [-0.15, -0.1) is 0 Å². The molecule has 0 aliphatic carbocycles. The van der Waals surface area contributed by atoms with Gasteiger partial charge in [0.05, 0.1) is 0 Å². The lowest BCUT2D eigenvalue weighted by molar-refractivity contribution is 0.0693. The molecule has 1 heterocycles. The molecule has 0 fully saturated rings. The molecule has 0 unspecified atom stereocenters. The SMILES string of the molecule is CCc1ccc(OC(=O)c2ccc(COC)o2)cc1. The number of benzene rings is 1. The molecular formula is C15H16O4. The molecule has 0 spiro atoms. The zero-order chi connectivity index (χ0) is 13.7. The minimum Gasteiger partial charge on any atom is -0.452 e. The summed E-state index contributed by atoms with van der Waals surface area (Å²) in [6.07, 6.45) is 0.951. The Morgan fingerprint density at radius 2 is 1.89 bits per heavy atom. The summed E-state index contributed by atoms with van der Waals surface area (Å²) >= 11 is 0. The smallest absolute Gasteiger partial charge is 0.379 e. The van der Waals surface area contributed by atoms with Gasteiger partial charge in [-0.3, -0.25) is 0 Å². The van der Waals surface area contributed by atoms with Crippen LogP contribution in [0.15, 0.2) is 40.8 Å². The fourth-order valence-corrected chi connectivity index (χ4v) is 1.66. The molecule has 2 aromatic rings. The van der Waals surface area contributed by atoms with Gasteiger partial charge in [0.25, 0.3) is 0 Å². The van der Waals surface area contributed by atoms with E-state index in [0.29, 0.717) is 18.1 Å². The number of esters is 1. The molecule has 1 aromatic carbocycles. The summed E-state index contributed by atoms with van der Waals surface area (Å²) in [5, 5.41) is 0. The molecule has 0 N–H and O–H groups in total. The summed E-state index contributed by atoms with van der Waals surface area (Å²) in [5.41, 5.74) is 1.19. The van der Waals surface area contributed by atoms with Gasteiger partial charge in [-0.25, -0.2) is 4.79 Å². The number of aryl methyl sites for hydroxylation is 1. The van der Waals surface area contributed by atoms with Crippen molar-refractivity contribution in [2.24, 2.45) is 0 Å². The number of carbonyl (C=O) groups is 1. The molecule has 19 heavy (non-hydrogen) atoms. The first kappa shape index (κ1) is 13.4. The number of methoxy groups -OCH3 is 1. The molecule has 1 aromatic heterocycles. The first-order chi connectivity index (χ1) is 9.22. The third-order valence-electron chi connectivity index (χ3n) is 2.69. The van der Waals surface area contributed by atoms with E-state index < -0.39 is 5.97 Å². The summed E-state index contributed by atoms with van der Waals surface area (Å²) < 4.78 is 15.4. The average Bonchev–Trinajstić information content (AvgIpc) is 2.89. The van der Waals surface area contributed by atoms with E-state index in [9.17, 15) is 4.79 Å². The maximum absolute atomic E-state index is 11.8. The van der Waals surface area contributed by atoms with Crippen molar-refractivity contribution >= 4 is 5.97 Å². The molecule has 0 aliphatic heterocycles. The quantitative estimate of drug-likeness (QED) is 0.612. The van der Waals surface area contributed by atoms with E-state index in [1.165, 1.54) is 5.56 Å². The van der Waals surface area contributed by atoms with E-state index in [2.05, 4.69) is 6.92 Å². The predicted molar refractivity (Wildman–Crippen MR) is 70.2 cm³/mol. The minimum absolute atomic E-state index is 0.173. The van der Waals surface area contributed by atoms with Crippen molar-refractivity contribution in [1.29, 1.82) is 0 Å². The summed E-state index contributed by atoms with van der Waals surface area (Å²) in [7, 11) is 1.57. The molecule has 0 atom stereocenters. The van der Waals surface area contributed by atoms with Crippen LogP contribution < -0.4 is 4.74 Å². The Morgan fingerprint density at radius 3 is 2.53 bits per heavy atom. The Balaban J connectivity index is 2.02. The Bertz CT molecular complexity index is 540. The van der Waals surface area contributed by atoms with Crippen molar-refractivity contribution in [3.63, 3.8) is 0 Å². The molecule has 4 heteroatoms. The van der Waals surface area contributed by atoms with Crippen LogP contribution in [0, 0.1) is 0 Å². The molecule has 2 rings (SSSR count). The third kappa shape index (κ3) is 3.45. The first-order valence-electron chi connectivity index (χ1n) is 6.11. The monoisotopic (exact) mass is 260 g/mol. The second-order valence-electron chi connectivity index (χ2n) is 4.09. The molecular weight excluding hydrogens is 244 g/mol. The van der Waals surface area contributed by atoms with Crippen LogP contribution in [0.3, 0.4) is 0 Å².